The molecule has 0 bridgehead atoms. The Morgan fingerprint density at radius 3 is 2.58 bits per heavy atom. The van der Waals surface area contributed by atoms with Crippen molar-refractivity contribution in [3.63, 3.8) is 0 Å². The van der Waals surface area contributed by atoms with Crippen LogP contribution < -0.4 is 10.6 Å². The summed E-state index contributed by atoms with van der Waals surface area (Å²) in [4.78, 5) is -0.232. The highest BCUT2D eigenvalue weighted by Gasteiger charge is 2.45. The van der Waals surface area contributed by atoms with Gasteiger partial charge in [-0.3, -0.25) is 0 Å². The first-order valence-electron chi connectivity index (χ1n) is 5.47. The Morgan fingerprint density at radius 1 is 1.47 bits per heavy atom. The van der Waals surface area contributed by atoms with Crippen LogP contribution in [0.15, 0.2) is 4.90 Å². The molecule has 1 aliphatic heterocycles. The quantitative estimate of drug-likeness (QED) is 0.859. The summed E-state index contributed by atoms with van der Waals surface area (Å²) >= 11 is 0. The zero-order valence-electron chi connectivity index (χ0n) is 10.2. The Balaban J connectivity index is 2.66. The molecule has 6 nitrogen and oxygen atoms in total. The van der Waals surface area contributed by atoms with Crippen molar-refractivity contribution in [3.8, 4) is 0 Å². The molecule has 108 valence electrons. The fourth-order valence-corrected chi connectivity index (χ4v) is 3.08. The minimum atomic E-state index is -4.47. The second kappa shape index (κ2) is 4.29. The molecule has 0 saturated heterocycles. The summed E-state index contributed by atoms with van der Waals surface area (Å²) in [6, 6.07) is -1.81. The van der Waals surface area contributed by atoms with E-state index in [1.54, 1.807) is 0 Å². The zero-order valence-corrected chi connectivity index (χ0v) is 11.1. The van der Waals surface area contributed by atoms with Crippen molar-refractivity contribution < 1.29 is 21.6 Å². The molecule has 2 heterocycles. The van der Waals surface area contributed by atoms with Crippen LogP contribution in [0.1, 0.15) is 12.5 Å². The minimum Gasteiger partial charge on any atom is -0.371 e. The van der Waals surface area contributed by atoms with E-state index in [1.807, 2.05) is 0 Å². The van der Waals surface area contributed by atoms with Gasteiger partial charge in [0.2, 0.25) is 0 Å². The van der Waals surface area contributed by atoms with E-state index in [4.69, 9.17) is 0 Å². The number of hydrogen-bond acceptors (Lipinski definition) is 5. The fraction of sp³-hybridized carbons (Fsp3) is 0.667. The molecular weight excluding hydrogens is 285 g/mol. The molecule has 1 aromatic rings. The highest BCUT2D eigenvalue weighted by atomic mass is 32.2. The Morgan fingerprint density at radius 2 is 2.11 bits per heavy atom. The molecule has 0 aliphatic carbocycles. The Kier molecular flexibility index (Phi) is 3.15. The number of hydrogen-bond donors (Lipinski definition) is 2. The number of halogens is 3. The maximum atomic E-state index is 12.9. The SMILES string of the molecule is CNc1nn2c(c1S(C)(=O)=O)NCCC2C(F)(F)F. The van der Waals surface area contributed by atoms with Gasteiger partial charge in [-0.05, 0) is 6.42 Å². The molecule has 1 atom stereocenters. The number of fused-ring (bicyclic) bond motifs is 1. The topological polar surface area (TPSA) is 76.0 Å². The Labute approximate surface area is 107 Å². The lowest BCUT2D eigenvalue weighted by molar-refractivity contribution is -0.171. The van der Waals surface area contributed by atoms with Crippen molar-refractivity contribution >= 4 is 21.5 Å². The lowest BCUT2D eigenvalue weighted by atomic mass is 10.1. The van der Waals surface area contributed by atoms with Gasteiger partial charge in [-0.2, -0.15) is 18.3 Å². The summed E-state index contributed by atoms with van der Waals surface area (Å²) in [5.41, 5.74) is 0. The van der Waals surface area contributed by atoms with Crippen LogP contribution in [0.3, 0.4) is 0 Å². The molecule has 0 radical (unpaired) electrons. The van der Waals surface area contributed by atoms with E-state index in [0.717, 1.165) is 6.26 Å². The molecule has 0 spiro atoms. The third-order valence-electron chi connectivity index (χ3n) is 2.86. The summed E-state index contributed by atoms with van der Waals surface area (Å²) in [7, 11) is -2.28. The molecule has 10 heteroatoms. The summed E-state index contributed by atoms with van der Waals surface area (Å²) in [6.45, 7) is 0.0432. The first kappa shape index (κ1) is 14.0. The van der Waals surface area contributed by atoms with Gasteiger partial charge in [-0.1, -0.05) is 0 Å². The number of aromatic nitrogens is 2. The summed E-state index contributed by atoms with van der Waals surface area (Å²) in [5.74, 6) is -0.193. The standard InChI is InChI=1S/C9H13F3N4O2S/c1-13-7-6(19(2,17)18)8-14-4-3-5(9(10,11)12)16(8)15-7/h5,14H,3-4H2,1-2H3,(H,13,15). The van der Waals surface area contributed by atoms with Crippen molar-refractivity contribution in [2.24, 2.45) is 0 Å². The number of anilines is 2. The lowest BCUT2D eigenvalue weighted by Gasteiger charge is -2.27. The van der Waals surface area contributed by atoms with Gasteiger partial charge < -0.3 is 10.6 Å². The maximum Gasteiger partial charge on any atom is 0.410 e. The van der Waals surface area contributed by atoms with E-state index < -0.39 is 22.1 Å². The fourth-order valence-electron chi connectivity index (χ4n) is 2.07. The molecule has 1 aliphatic rings. The van der Waals surface area contributed by atoms with Gasteiger partial charge in [0.1, 0.15) is 5.82 Å². The molecular formula is C9H13F3N4O2S. The smallest absolute Gasteiger partial charge is 0.371 e. The van der Waals surface area contributed by atoms with Crippen molar-refractivity contribution in [3.05, 3.63) is 0 Å². The molecule has 1 unspecified atom stereocenters. The van der Waals surface area contributed by atoms with Gasteiger partial charge in [0, 0.05) is 19.8 Å². The number of alkyl halides is 3. The normalized spacial score (nSPS) is 19.7. The second-order valence-electron chi connectivity index (χ2n) is 4.27. The number of nitrogens with zero attached hydrogens (tertiary/aromatic N) is 2. The van der Waals surface area contributed by atoms with Gasteiger partial charge in [0.15, 0.2) is 26.6 Å². The van der Waals surface area contributed by atoms with Crippen LogP contribution in [0.2, 0.25) is 0 Å². The maximum absolute atomic E-state index is 12.9. The van der Waals surface area contributed by atoms with Crippen LogP contribution in [-0.2, 0) is 9.84 Å². The van der Waals surface area contributed by atoms with Gasteiger partial charge >= 0.3 is 6.18 Å². The van der Waals surface area contributed by atoms with Crippen molar-refractivity contribution in [1.29, 1.82) is 0 Å². The van der Waals surface area contributed by atoms with Gasteiger partial charge in [-0.15, -0.1) is 0 Å². The van der Waals surface area contributed by atoms with Crippen molar-refractivity contribution in [2.45, 2.75) is 23.5 Å². The summed E-state index contributed by atoms with van der Waals surface area (Å²) < 4.78 is 62.8. The van der Waals surface area contributed by atoms with E-state index in [0.29, 0.717) is 4.68 Å². The molecule has 2 N–H and O–H groups in total. The van der Waals surface area contributed by atoms with Crippen LogP contribution in [0, 0.1) is 0 Å². The van der Waals surface area contributed by atoms with Gasteiger partial charge in [0.05, 0.1) is 0 Å². The molecule has 19 heavy (non-hydrogen) atoms. The van der Waals surface area contributed by atoms with Crippen LogP contribution in [0.4, 0.5) is 24.8 Å². The second-order valence-corrected chi connectivity index (χ2v) is 6.22. The highest BCUT2D eigenvalue weighted by molar-refractivity contribution is 7.91. The summed E-state index contributed by atoms with van der Waals surface area (Å²) in [5, 5.41) is 8.92. The first-order chi connectivity index (χ1) is 8.66. The van der Waals surface area contributed by atoms with Crippen molar-refractivity contribution in [1.82, 2.24) is 9.78 Å². The average Bonchev–Trinajstić information content (AvgIpc) is 2.64. The van der Waals surface area contributed by atoms with Crippen LogP contribution in [0.25, 0.3) is 0 Å². The van der Waals surface area contributed by atoms with Gasteiger partial charge in [0.25, 0.3) is 0 Å². The number of sulfone groups is 1. The largest absolute Gasteiger partial charge is 0.410 e. The number of nitrogens with one attached hydrogen (secondary N) is 2. The molecule has 0 fully saturated rings. The number of rotatable bonds is 2. The summed E-state index contributed by atoms with van der Waals surface area (Å²) in [6.07, 6.45) is -3.72. The van der Waals surface area contributed by atoms with Crippen LogP contribution in [-0.4, -0.2) is 44.2 Å². The highest BCUT2D eigenvalue weighted by Crippen LogP contribution is 2.41. The zero-order chi connectivity index (χ0) is 14.4. The Hall–Kier alpha value is -1.45. The van der Waals surface area contributed by atoms with E-state index in [-0.39, 0.29) is 29.5 Å². The van der Waals surface area contributed by atoms with Crippen LogP contribution in [0.5, 0.6) is 0 Å². The molecule has 2 rings (SSSR count). The minimum absolute atomic E-state index is 0.0432. The van der Waals surface area contributed by atoms with Crippen molar-refractivity contribution in [2.75, 3.05) is 30.5 Å². The third-order valence-corrected chi connectivity index (χ3v) is 3.99. The Bertz CT molecular complexity index is 593. The van der Waals surface area contributed by atoms with E-state index in [1.165, 1.54) is 7.05 Å². The third kappa shape index (κ3) is 2.36. The molecule has 0 aromatic carbocycles. The predicted molar refractivity (Wildman–Crippen MR) is 63.1 cm³/mol. The van der Waals surface area contributed by atoms with E-state index >= 15 is 0 Å². The molecule has 0 saturated carbocycles. The monoisotopic (exact) mass is 298 g/mol. The average molecular weight is 298 g/mol. The molecule has 1 aromatic heterocycles. The molecule has 0 amide bonds. The lowest BCUT2D eigenvalue weighted by Crippen LogP contribution is -2.34. The van der Waals surface area contributed by atoms with E-state index in [2.05, 4.69) is 15.7 Å². The first-order valence-corrected chi connectivity index (χ1v) is 7.36. The van der Waals surface area contributed by atoms with Crippen LogP contribution >= 0.6 is 0 Å². The van der Waals surface area contributed by atoms with Gasteiger partial charge in [-0.25, -0.2) is 13.1 Å². The van der Waals surface area contributed by atoms with E-state index in [9.17, 15) is 21.6 Å². The predicted octanol–water partition coefficient (Wildman–Crippen LogP) is 1.25.